The molecule has 24 heavy (non-hydrogen) atoms. The highest BCUT2D eigenvalue weighted by Gasteiger charge is 2.22. The number of benzene rings is 1. The Bertz CT molecular complexity index is 742. The van der Waals surface area contributed by atoms with Gasteiger partial charge in [0.1, 0.15) is 5.75 Å². The van der Waals surface area contributed by atoms with Crippen molar-refractivity contribution in [1.29, 1.82) is 0 Å². The zero-order chi connectivity index (χ0) is 17.6. The molecule has 1 aromatic heterocycles. The molecular weight excluding hydrogens is 346 g/mol. The topological polar surface area (TPSA) is 74.7 Å². The van der Waals surface area contributed by atoms with Crippen molar-refractivity contribution in [2.24, 2.45) is 0 Å². The van der Waals surface area contributed by atoms with Crippen molar-refractivity contribution in [2.45, 2.75) is 19.5 Å². The SMILES string of the molecule is CC(c1cccs1)N(CCS(=O)(=O)CC(=O)O)Cc1ccccc1. The van der Waals surface area contributed by atoms with Crippen LogP contribution in [0.4, 0.5) is 0 Å². The minimum Gasteiger partial charge on any atom is -0.480 e. The van der Waals surface area contributed by atoms with E-state index in [2.05, 4.69) is 4.90 Å². The van der Waals surface area contributed by atoms with Crippen molar-refractivity contribution >= 4 is 27.1 Å². The van der Waals surface area contributed by atoms with Crippen LogP contribution in [0.5, 0.6) is 0 Å². The molecule has 0 radical (unpaired) electrons. The number of thiophene rings is 1. The number of sulfone groups is 1. The summed E-state index contributed by atoms with van der Waals surface area (Å²) in [5.41, 5.74) is 1.09. The van der Waals surface area contributed by atoms with Gasteiger partial charge < -0.3 is 5.11 Å². The summed E-state index contributed by atoms with van der Waals surface area (Å²) >= 11 is 1.63. The van der Waals surface area contributed by atoms with Crippen LogP contribution in [0.15, 0.2) is 47.8 Å². The fourth-order valence-corrected chi connectivity index (χ4v) is 4.30. The monoisotopic (exact) mass is 367 g/mol. The summed E-state index contributed by atoms with van der Waals surface area (Å²) in [4.78, 5) is 13.9. The van der Waals surface area contributed by atoms with Crippen molar-refractivity contribution in [1.82, 2.24) is 4.90 Å². The molecule has 7 heteroatoms. The molecule has 0 fully saturated rings. The number of carboxylic acids is 1. The Morgan fingerprint density at radius 3 is 2.50 bits per heavy atom. The molecule has 1 aromatic carbocycles. The third kappa shape index (κ3) is 5.74. The van der Waals surface area contributed by atoms with Crippen LogP contribution in [0, 0.1) is 0 Å². The van der Waals surface area contributed by atoms with Crippen LogP contribution < -0.4 is 0 Å². The highest BCUT2D eigenvalue weighted by atomic mass is 32.2. The van der Waals surface area contributed by atoms with Crippen molar-refractivity contribution in [3.8, 4) is 0 Å². The van der Waals surface area contributed by atoms with E-state index in [0.29, 0.717) is 13.1 Å². The molecule has 0 saturated heterocycles. The Morgan fingerprint density at radius 1 is 1.21 bits per heavy atom. The first kappa shape index (κ1) is 18.6. The summed E-state index contributed by atoms with van der Waals surface area (Å²) in [6, 6.07) is 13.9. The van der Waals surface area contributed by atoms with Crippen LogP contribution in [0.3, 0.4) is 0 Å². The molecule has 1 heterocycles. The largest absolute Gasteiger partial charge is 0.480 e. The average molecular weight is 367 g/mol. The maximum Gasteiger partial charge on any atom is 0.318 e. The van der Waals surface area contributed by atoms with Crippen molar-refractivity contribution < 1.29 is 18.3 Å². The van der Waals surface area contributed by atoms with Crippen LogP contribution in [-0.2, 0) is 21.2 Å². The maximum atomic E-state index is 11.9. The molecule has 0 aliphatic carbocycles. The smallest absolute Gasteiger partial charge is 0.318 e. The fourth-order valence-electron chi connectivity index (χ4n) is 2.45. The number of hydrogen-bond acceptors (Lipinski definition) is 5. The molecule has 1 N–H and O–H groups in total. The number of hydrogen-bond donors (Lipinski definition) is 1. The molecule has 5 nitrogen and oxygen atoms in total. The van der Waals surface area contributed by atoms with E-state index in [9.17, 15) is 13.2 Å². The van der Waals surface area contributed by atoms with E-state index in [1.807, 2.05) is 54.8 Å². The number of nitrogens with zero attached hydrogens (tertiary/aromatic N) is 1. The van der Waals surface area contributed by atoms with E-state index >= 15 is 0 Å². The quantitative estimate of drug-likeness (QED) is 0.738. The van der Waals surface area contributed by atoms with Crippen LogP contribution in [-0.4, -0.2) is 42.4 Å². The second-order valence-corrected chi connectivity index (χ2v) is 8.80. The van der Waals surface area contributed by atoms with E-state index in [1.165, 1.54) is 0 Å². The Morgan fingerprint density at radius 2 is 1.92 bits per heavy atom. The number of aliphatic carboxylic acids is 1. The second kappa shape index (κ2) is 8.41. The van der Waals surface area contributed by atoms with Gasteiger partial charge >= 0.3 is 5.97 Å². The summed E-state index contributed by atoms with van der Waals surface area (Å²) in [7, 11) is -3.61. The van der Waals surface area contributed by atoms with E-state index < -0.39 is 21.6 Å². The van der Waals surface area contributed by atoms with Gasteiger partial charge in [0.15, 0.2) is 9.84 Å². The third-order valence-corrected chi connectivity index (χ3v) is 6.30. The molecule has 0 spiro atoms. The fraction of sp³-hybridized carbons (Fsp3) is 0.353. The van der Waals surface area contributed by atoms with Gasteiger partial charge in [0.2, 0.25) is 0 Å². The maximum absolute atomic E-state index is 11.9. The van der Waals surface area contributed by atoms with Gasteiger partial charge in [0.05, 0.1) is 5.75 Å². The summed E-state index contributed by atoms with van der Waals surface area (Å²) < 4.78 is 23.8. The number of rotatable bonds is 9. The van der Waals surface area contributed by atoms with Crippen LogP contribution in [0.25, 0.3) is 0 Å². The minimum atomic E-state index is -3.61. The van der Waals surface area contributed by atoms with Crippen molar-refractivity contribution in [3.05, 3.63) is 58.3 Å². The Kier molecular flexibility index (Phi) is 6.53. The molecule has 0 amide bonds. The molecule has 0 aliphatic rings. The van der Waals surface area contributed by atoms with E-state index in [1.54, 1.807) is 11.3 Å². The van der Waals surface area contributed by atoms with E-state index in [0.717, 1.165) is 10.4 Å². The minimum absolute atomic E-state index is 0.0604. The van der Waals surface area contributed by atoms with Gasteiger partial charge in [0, 0.05) is 24.0 Å². The lowest BCUT2D eigenvalue weighted by atomic mass is 10.1. The average Bonchev–Trinajstić information content (AvgIpc) is 3.05. The highest BCUT2D eigenvalue weighted by molar-refractivity contribution is 7.92. The molecule has 0 bridgehead atoms. The molecule has 2 aromatic rings. The lowest BCUT2D eigenvalue weighted by molar-refractivity contribution is -0.134. The van der Waals surface area contributed by atoms with Gasteiger partial charge in [-0.05, 0) is 23.9 Å². The van der Waals surface area contributed by atoms with Gasteiger partial charge in [-0.3, -0.25) is 9.69 Å². The van der Waals surface area contributed by atoms with Crippen LogP contribution in [0.1, 0.15) is 23.4 Å². The Labute approximate surface area is 146 Å². The molecule has 0 aliphatic heterocycles. The molecule has 1 unspecified atom stereocenters. The van der Waals surface area contributed by atoms with Crippen LogP contribution >= 0.6 is 11.3 Å². The summed E-state index contributed by atoms with van der Waals surface area (Å²) in [6.07, 6.45) is 0. The third-order valence-electron chi connectivity index (χ3n) is 3.76. The molecular formula is C17H21NO4S2. The lowest BCUT2D eigenvalue weighted by Gasteiger charge is -2.28. The van der Waals surface area contributed by atoms with Gasteiger partial charge in [-0.1, -0.05) is 36.4 Å². The molecule has 130 valence electrons. The summed E-state index contributed by atoms with van der Waals surface area (Å²) in [5, 5.41) is 10.7. The van der Waals surface area contributed by atoms with Gasteiger partial charge in [-0.2, -0.15) is 0 Å². The first-order valence-electron chi connectivity index (χ1n) is 7.61. The zero-order valence-electron chi connectivity index (χ0n) is 13.5. The lowest BCUT2D eigenvalue weighted by Crippen LogP contribution is -2.32. The first-order chi connectivity index (χ1) is 11.4. The second-order valence-electron chi connectivity index (χ2n) is 5.63. The predicted molar refractivity (Wildman–Crippen MR) is 95.9 cm³/mol. The number of carbonyl (C=O) groups is 1. The van der Waals surface area contributed by atoms with E-state index in [-0.39, 0.29) is 11.8 Å². The Hall–Kier alpha value is -1.70. The summed E-state index contributed by atoms with van der Waals surface area (Å²) in [6.45, 7) is 2.95. The highest BCUT2D eigenvalue weighted by Crippen LogP contribution is 2.26. The predicted octanol–water partition coefficient (Wildman–Crippen LogP) is 2.81. The van der Waals surface area contributed by atoms with Crippen molar-refractivity contribution in [3.63, 3.8) is 0 Å². The standard InChI is InChI=1S/C17H21NO4S2/c1-14(16-8-5-10-23-16)18(12-15-6-3-2-4-7-15)9-11-24(21,22)13-17(19)20/h2-8,10,14H,9,11-13H2,1H3,(H,19,20). The van der Waals surface area contributed by atoms with Gasteiger partial charge in [0.25, 0.3) is 0 Å². The van der Waals surface area contributed by atoms with Crippen LogP contribution in [0.2, 0.25) is 0 Å². The zero-order valence-corrected chi connectivity index (χ0v) is 15.1. The normalized spacial score (nSPS) is 13.1. The number of carboxylic acid groups (broad SMARTS) is 1. The molecule has 2 rings (SSSR count). The first-order valence-corrected chi connectivity index (χ1v) is 10.3. The molecule has 0 saturated carbocycles. The van der Waals surface area contributed by atoms with Crippen molar-refractivity contribution in [2.75, 3.05) is 18.1 Å². The summed E-state index contributed by atoms with van der Waals surface area (Å²) in [5.74, 6) is -2.29. The molecule has 1 atom stereocenters. The van der Waals surface area contributed by atoms with Gasteiger partial charge in [-0.25, -0.2) is 8.42 Å². The Balaban J connectivity index is 2.12. The van der Waals surface area contributed by atoms with E-state index in [4.69, 9.17) is 5.11 Å². The van der Waals surface area contributed by atoms with Gasteiger partial charge in [-0.15, -0.1) is 11.3 Å².